The topological polar surface area (TPSA) is 78.5 Å². The number of pyridine rings is 1. The number of aromatic nitrogens is 1. The molecule has 0 bridgehead atoms. The monoisotopic (exact) mass is 594 g/mol. The van der Waals surface area contributed by atoms with Crippen LogP contribution in [0.1, 0.15) is 38.2 Å². The summed E-state index contributed by atoms with van der Waals surface area (Å²) in [4.78, 5) is 8.33. The number of thioether (sulfide) groups is 1. The molecule has 2 saturated carbocycles. The molecule has 12 heteroatoms. The summed E-state index contributed by atoms with van der Waals surface area (Å²) < 4.78 is 33.5. The fraction of sp³-hybridized carbons (Fsp3) is 0.571. The fourth-order valence-corrected chi connectivity index (χ4v) is 6.91. The smallest absolute Gasteiger partial charge is 0.495 e. The third-order valence-electron chi connectivity index (χ3n) is 7.92. The molecule has 5 aliphatic rings. The molecule has 208 valence electrons. The quantitative estimate of drug-likeness (QED) is 0.410. The standard InChI is InChI=1S/C28H33F2N6O2S.K/c1-27(37)13-28(14-27)15-36(16-28)23-10-18(19-9-21(25(29)30)34(2)12-22(19)38-4)20(11-31-23)32-26-33-35(3)24(39-26)8-7-17-5-6-17;/h9-12,17,21,24-25,37H,5-6,13-16H2,1-4H3;/q-1;+1. The summed E-state index contributed by atoms with van der Waals surface area (Å²) in [5.74, 6) is 8.30. The van der Waals surface area contributed by atoms with Crippen LogP contribution in [0.3, 0.4) is 0 Å². The molecule has 6 rings (SSSR count). The van der Waals surface area contributed by atoms with E-state index in [-0.39, 0.29) is 62.2 Å². The Morgan fingerprint density at radius 3 is 2.58 bits per heavy atom. The number of likely N-dealkylation sites (N-methyl/N-ethyl adjacent to an activating group) is 1. The van der Waals surface area contributed by atoms with Crippen molar-refractivity contribution in [3.05, 3.63) is 41.2 Å². The zero-order valence-electron chi connectivity index (χ0n) is 23.6. The summed E-state index contributed by atoms with van der Waals surface area (Å²) in [6, 6.07) is 0.808. The van der Waals surface area contributed by atoms with E-state index in [1.165, 1.54) is 23.8 Å². The van der Waals surface area contributed by atoms with Gasteiger partial charge in [0.05, 0.1) is 12.7 Å². The third-order valence-corrected chi connectivity index (χ3v) is 8.95. The number of hydrazone groups is 1. The van der Waals surface area contributed by atoms with Crippen molar-refractivity contribution in [2.75, 3.05) is 39.2 Å². The van der Waals surface area contributed by atoms with E-state index in [2.05, 4.69) is 21.8 Å². The first kappa shape index (κ1) is 30.1. The molecule has 2 aliphatic carbocycles. The minimum atomic E-state index is -2.57. The zero-order chi connectivity index (χ0) is 27.5. The summed E-state index contributed by atoms with van der Waals surface area (Å²) in [6.45, 7) is 3.48. The van der Waals surface area contributed by atoms with E-state index < -0.39 is 18.1 Å². The summed E-state index contributed by atoms with van der Waals surface area (Å²) in [5.41, 5.74) is 1.26. The van der Waals surface area contributed by atoms with Gasteiger partial charge in [-0.1, -0.05) is 23.6 Å². The Morgan fingerprint density at radius 1 is 1.23 bits per heavy atom. The van der Waals surface area contributed by atoms with E-state index in [1.54, 1.807) is 30.5 Å². The molecular weight excluding hydrogens is 562 g/mol. The van der Waals surface area contributed by atoms with Gasteiger partial charge in [-0.3, -0.25) is 0 Å². The van der Waals surface area contributed by atoms with Crippen molar-refractivity contribution in [2.24, 2.45) is 16.4 Å². The molecule has 0 radical (unpaired) electrons. The average molecular weight is 595 g/mol. The van der Waals surface area contributed by atoms with Crippen LogP contribution in [0.4, 0.5) is 20.3 Å². The molecule has 1 aromatic rings. The predicted molar refractivity (Wildman–Crippen MR) is 149 cm³/mol. The van der Waals surface area contributed by atoms with Gasteiger partial charge >= 0.3 is 51.4 Å². The van der Waals surface area contributed by atoms with E-state index in [4.69, 9.17) is 15.0 Å². The zero-order valence-corrected chi connectivity index (χ0v) is 27.5. The van der Waals surface area contributed by atoms with Gasteiger partial charge in [0.1, 0.15) is 23.0 Å². The predicted octanol–water partition coefficient (Wildman–Crippen LogP) is 1.58. The van der Waals surface area contributed by atoms with E-state index in [1.807, 2.05) is 20.0 Å². The molecule has 0 amide bonds. The Balaban J connectivity index is 0.00000323. The van der Waals surface area contributed by atoms with Crippen molar-refractivity contribution in [2.45, 2.75) is 56.0 Å². The van der Waals surface area contributed by atoms with Crippen molar-refractivity contribution in [1.82, 2.24) is 14.9 Å². The summed E-state index contributed by atoms with van der Waals surface area (Å²) in [6.07, 6.45) is 6.12. The normalized spacial score (nSPS) is 26.1. The molecule has 2 unspecified atom stereocenters. The van der Waals surface area contributed by atoms with Gasteiger partial charge in [-0.05, 0) is 61.2 Å². The number of ether oxygens (including phenoxy) is 1. The Kier molecular flexibility index (Phi) is 8.58. The van der Waals surface area contributed by atoms with Crippen LogP contribution >= 0.6 is 11.8 Å². The molecule has 40 heavy (non-hydrogen) atoms. The van der Waals surface area contributed by atoms with Gasteiger partial charge < -0.3 is 35.1 Å². The second-order valence-electron chi connectivity index (χ2n) is 11.6. The minimum absolute atomic E-state index is 0. The van der Waals surface area contributed by atoms with Gasteiger partial charge in [-0.25, -0.2) is 13.8 Å². The number of amidine groups is 1. The number of hydrogen-bond donors (Lipinski definition) is 1. The Labute approximate surface area is 281 Å². The summed E-state index contributed by atoms with van der Waals surface area (Å²) >= 11 is 1.47. The maximum atomic E-state index is 13.9. The fourth-order valence-electron chi connectivity index (χ4n) is 6.05. The van der Waals surface area contributed by atoms with E-state index in [9.17, 15) is 13.9 Å². The van der Waals surface area contributed by atoms with Crippen molar-refractivity contribution in [1.29, 1.82) is 0 Å². The van der Waals surface area contributed by atoms with Crippen LogP contribution in [0.15, 0.2) is 35.4 Å². The van der Waals surface area contributed by atoms with E-state index in [0.717, 1.165) is 44.6 Å². The molecule has 0 aromatic carbocycles. The molecular formula is C28H33F2KN6O2S. The Morgan fingerprint density at radius 2 is 1.95 bits per heavy atom. The summed E-state index contributed by atoms with van der Waals surface area (Å²) in [5, 5.41) is 21.9. The van der Waals surface area contributed by atoms with Crippen molar-refractivity contribution in [3.8, 4) is 11.8 Å². The molecule has 1 spiro atoms. The largest absolute Gasteiger partial charge is 1.00 e. The van der Waals surface area contributed by atoms with Gasteiger partial charge in [0.25, 0.3) is 6.43 Å². The number of anilines is 1. The number of methoxy groups -OCH3 is 1. The first-order chi connectivity index (χ1) is 18.5. The minimum Gasteiger partial charge on any atom is -0.495 e. The molecule has 1 saturated heterocycles. The van der Waals surface area contributed by atoms with Crippen LogP contribution in [0, 0.1) is 23.2 Å². The van der Waals surface area contributed by atoms with Crippen LogP contribution in [-0.4, -0.2) is 82.9 Å². The SMILES string of the molecule is COC1=CN(C)C(C(F)F)C=C1c1cc(N2CC3(C2)CC(C)(O)C3)ncc1[N-]C1=NN(C)C(C#CC2CC2)S1.[K+]. The molecule has 4 heterocycles. The number of halogens is 2. The molecule has 1 N–H and O–H groups in total. The summed E-state index contributed by atoms with van der Waals surface area (Å²) in [7, 11) is 5.02. The van der Waals surface area contributed by atoms with Crippen molar-refractivity contribution >= 4 is 34.0 Å². The van der Waals surface area contributed by atoms with Gasteiger partial charge in [0.15, 0.2) is 0 Å². The third kappa shape index (κ3) is 6.07. The number of allylic oxidation sites excluding steroid dienone is 1. The average Bonchev–Trinajstić information content (AvgIpc) is 3.61. The first-order valence-corrected chi connectivity index (χ1v) is 14.1. The first-order valence-electron chi connectivity index (χ1n) is 13.2. The number of aliphatic hydroxyl groups is 1. The van der Waals surface area contributed by atoms with Crippen LogP contribution < -0.4 is 56.3 Å². The van der Waals surface area contributed by atoms with Crippen molar-refractivity contribution < 1.29 is 70.0 Å². The second-order valence-corrected chi connectivity index (χ2v) is 12.7. The molecule has 1 aromatic heterocycles. The molecule has 8 nitrogen and oxygen atoms in total. The maximum Gasteiger partial charge on any atom is 1.00 e. The Hall–Kier alpha value is -1.33. The maximum absolute atomic E-state index is 13.9. The number of nitrogens with zero attached hydrogens (tertiary/aromatic N) is 6. The second kappa shape index (κ2) is 11.4. The van der Waals surface area contributed by atoms with Crippen LogP contribution in [0.25, 0.3) is 10.9 Å². The van der Waals surface area contributed by atoms with E-state index in [0.29, 0.717) is 33.7 Å². The van der Waals surface area contributed by atoms with Gasteiger partial charge in [-0.15, -0.1) is 0 Å². The molecule has 3 aliphatic heterocycles. The van der Waals surface area contributed by atoms with Crippen molar-refractivity contribution in [3.63, 3.8) is 0 Å². The van der Waals surface area contributed by atoms with Gasteiger partial charge in [0, 0.05) is 56.5 Å². The molecule has 3 fully saturated rings. The van der Waals surface area contributed by atoms with Crippen LogP contribution in [0.5, 0.6) is 0 Å². The number of rotatable bonds is 5. The number of hydrogen-bond acceptors (Lipinski definition) is 8. The van der Waals surface area contributed by atoms with Crippen LogP contribution in [-0.2, 0) is 4.74 Å². The van der Waals surface area contributed by atoms with Gasteiger partial charge in [0.2, 0.25) is 0 Å². The van der Waals surface area contributed by atoms with E-state index >= 15 is 0 Å². The molecule has 2 atom stereocenters. The van der Waals surface area contributed by atoms with Crippen LogP contribution in [0.2, 0.25) is 0 Å². The van der Waals surface area contributed by atoms with Gasteiger partial charge in [-0.2, -0.15) is 0 Å². The Bertz CT molecular complexity index is 1310. The number of alkyl halides is 2.